The van der Waals surface area contributed by atoms with Crippen LogP contribution < -0.4 is 10.6 Å². The highest BCUT2D eigenvalue weighted by Gasteiger charge is 2.09. The van der Waals surface area contributed by atoms with E-state index >= 15 is 0 Å². The molecule has 7 heteroatoms. The molecule has 0 aliphatic rings. The summed E-state index contributed by atoms with van der Waals surface area (Å²) in [4.78, 5) is 28.7. The SMILES string of the molecule is Cc1ccc(NC(=O)CSCC(=O)Nc2cccc(Cn3ccnc3C(C)C)c2)cc1. The van der Waals surface area contributed by atoms with E-state index < -0.39 is 0 Å². The fourth-order valence-corrected chi connectivity index (χ4v) is 3.78. The van der Waals surface area contributed by atoms with Crippen LogP contribution in [-0.2, 0) is 16.1 Å². The first-order valence-electron chi connectivity index (χ1n) is 10.2. The number of nitrogens with one attached hydrogen (secondary N) is 2. The fourth-order valence-electron chi connectivity index (χ4n) is 3.17. The lowest BCUT2D eigenvalue weighted by Crippen LogP contribution is -2.18. The lowest BCUT2D eigenvalue weighted by Gasteiger charge is -2.12. The molecule has 0 saturated heterocycles. The minimum Gasteiger partial charge on any atom is -0.330 e. The van der Waals surface area contributed by atoms with E-state index in [4.69, 9.17) is 0 Å². The minimum absolute atomic E-state index is 0.120. The molecule has 0 aliphatic carbocycles. The highest BCUT2D eigenvalue weighted by atomic mass is 32.2. The molecule has 0 spiro atoms. The smallest absolute Gasteiger partial charge is 0.234 e. The normalized spacial score (nSPS) is 10.8. The molecular formula is C24H28N4O2S. The van der Waals surface area contributed by atoms with Gasteiger partial charge in [-0.1, -0.05) is 43.7 Å². The molecule has 0 fully saturated rings. The summed E-state index contributed by atoms with van der Waals surface area (Å²) in [6.07, 6.45) is 3.78. The lowest BCUT2D eigenvalue weighted by atomic mass is 10.1. The number of anilines is 2. The third kappa shape index (κ3) is 7.00. The first-order chi connectivity index (χ1) is 14.9. The summed E-state index contributed by atoms with van der Waals surface area (Å²) in [5.41, 5.74) is 3.73. The Labute approximate surface area is 187 Å². The van der Waals surface area contributed by atoms with Crippen LogP contribution in [0.4, 0.5) is 11.4 Å². The van der Waals surface area contributed by atoms with Crippen LogP contribution >= 0.6 is 11.8 Å². The highest BCUT2D eigenvalue weighted by Crippen LogP contribution is 2.17. The van der Waals surface area contributed by atoms with E-state index in [2.05, 4.69) is 34.0 Å². The van der Waals surface area contributed by atoms with Gasteiger partial charge in [-0.05, 0) is 36.8 Å². The van der Waals surface area contributed by atoms with Crippen molar-refractivity contribution in [2.45, 2.75) is 33.2 Å². The number of aromatic nitrogens is 2. The second-order valence-electron chi connectivity index (χ2n) is 7.72. The second-order valence-corrected chi connectivity index (χ2v) is 8.71. The molecule has 2 aromatic carbocycles. The lowest BCUT2D eigenvalue weighted by molar-refractivity contribution is -0.114. The zero-order valence-corrected chi connectivity index (χ0v) is 18.9. The quantitative estimate of drug-likeness (QED) is 0.511. The Kier molecular flexibility index (Phi) is 7.89. The standard InChI is InChI=1S/C24H28N4O2S/c1-17(2)24-25-11-12-28(24)14-19-5-4-6-21(13-19)27-23(30)16-31-15-22(29)26-20-9-7-18(3)8-10-20/h4-13,17H,14-16H2,1-3H3,(H,26,29)(H,27,30). The molecule has 6 nitrogen and oxygen atoms in total. The fraction of sp³-hybridized carbons (Fsp3) is 0.292. The van der Waals surface area contributed by atoms with E-state index in [0.29, 0.717) is 12.5 Å². The molecule has 1 aromatic heterocycles. The zero-order chi connectivity index (χ0) is 22.2. The maximum absolute atomic E-state index is 12.3. The van der Waals surface area contributed by atoms with Crippen LogP contribution in [0.15, 0.2) is 60.9 Å². The van der Waals surface area contributed by atoms with Crippen molar-refractivity contribution in [3.63, 3.8) is 0 Å². The number of rotatable bonds is 9. The Morgan fingerprint density at radius 1 is 1.00 bits per heavy atom. The summed E-state index contributed by atoms with van der Waals surface area (Å²) in [6.45, 7) is 6.93. The van der Waals surface area contributed by atoms with E-state index in [0.717, 1.165) is 28.3 Å². The number of nitrogens with zero attached hydrogens (tertiary/aromatic N) is 2. The average molecular weight is 437 g/mol. The molecule has 1 heterocycles. The molecule has 0 atom stereocenters. The van der Waals surface area contributed by atoms with Gasteiger partial charge in [0.1, 0.15) is 5.82 Å². The van der Waals surface area contributed by atoms with Crippen LogP contribution in [-0.4, -0.2) is 32.9 Å². The molecule has 0 radical (unpaired) electrons. The Balaban J connectivity index is 1.46. The number of imidazole rings is 1. The van der Waals surface area contributed by atoms with Gasteiger partial charge < -0.3 is 15.2 Å². The summed E-state index contributed by atoms with van der Waals surface area (Å²) >= 11 is 1.29. The number of hydrogen-bond acceptors (Lipinski definition) is 4. The van der Waals surface area contributed by atoms with Crippen LogP contribution in [0.5, 0.6) is 0 Å². The van der Waals surface area contributed by atoms with E-state index in [-0.39, 0.29) is 23.3 Å². The van der Waals surface area contributed by atoms with Gasteiger partial charge in [-0.15, -0.1) is 11.8 Å². The van der Waals surface area contributed by atoms with E-state index in [1.165, 1.54) is 11.8 Å². The third-order valence-electron chi connectivity index (χ3n) is 4.63. The monoisotopic (exact) mass is 436 g/mol. The zero-order valence-electron chi connectivity index (χ0n) is 18.1. The summed E-state index contributed by atoms with van der Waals surface area (Å²) in [6, 6.07) is 15.4. The van der Waals surface area contributed by atoms with Gasteiger partial charge in [0, 0.05) is 36.2 Å². The first-order valence-corrected chi connectivity index (χ1v) is 11.4. The number of thioether (sulfide) groups is 1. The Hall–Kier alpha value is -3.06. The molecule has 3 aromatic rings. The summed E-state index contributed by atoms with van der Waals surface area (Å²) < 4.78 is 2.12. The summed E-state index contributed by atoms with van der Waals surface area (Å²) in [7, 11) is 0. The number of benzene rings is 2. The molecule has 0 aliphatic heterocycles. The van der Waals surface area contributed by atoms with Gasteiger partial charge in [0.05, 0.1) is 11.5 Å². The van der Waals surface area contributed by atoms with Gasteiger partial charge >= 0.3 is 0 Å². The number of hydrogen-bond donors (Lipinski definition) is 2. The average Bonchev–Trinajstić information content (AvgIpc) is 3.18. The van der Waals surface area contributed by atoms with Gasteiger partial charge in [0.25, 0.3) is 0 Å². The summed E-state index contributed by atoms with van der Waals surface area (Å²) in [5.74, 6) is 1.57. The van der Waals surface area contributed by atoms with E-state index in [1.54, 1.807) is 0 Å². The van der Waals surface area contributed by atoms with Crippen molar-refractivity contribution >= 4 is 35.0 Å². The molecule has 162 valence electrons. The van der Waals surface area contributed by atoms with Crippen molar-refractivity contribution in [2.75, 3.05) is 22.1 Å². The van der Waals surface area contributed by atoms with Crippen molar-refractivity contribution in [1.29, 1.82) is 0 Å². The van der Waals surface area contributed by atoms with Crippen molar-refractivity contribution in [3.8, 4) is 0 Å². The minimum atomic E-state index is -0.129. The van der Waals surface area contributed by atoms with Crippen LogP contribution in [0.3, 0.4) is 0 Å². The van der Waals surface area contributed by atoms with Crippen molar-refractivity contribution in [1.82, 2.24) is 9.55 Å². The first kappa shape index (κ1) is 22.6. The number of carbonyl (C=O) groups excluding carboxylic acids is 2. The van der Waals surface area contributed by atoms with Crippen LogP contribution in [0.25, 0.3) is 0 Å². The van der Waals surface area contributed by atoms with Gasteiger partial charge in [-0.2, -0.15) is 0 Å². The molecule has 31 heavy (non-hydrogen) atoms. The molecule has 2 N–H and O–H groups in total. The van der Waals surface area contributed by atoms with E-state index in [9.17, 15) is 9.59 Å². The Bertz CT molecular complexity index is 1030. The molecule has 0 unspecified atom stereocenters. The maximum atomic E-state index is 12.3. The predicted octanol–water partition coefficient (Wildman–Crippen LogP) is 4.67. The van der Waals surface area contributed by atoms with E-state index in [1.807, 2.05) is 67.8 Å². The largest absolute Gasteiger partial charge is 0.330 e. The predicted molar refractivity (Wildman–Crippen MR) is 128 cm³/mol. The second kappa shape index (κ2) is 10.8. The van der Waals surface area contributed by atoms with Gasteiger partial charge in [-0.25, -0.2) is 4.98 Å². The third-order valence-corrected chi connectivity index (χ3v) is 5.56. The number of carbonyl (C=O) groups is 2. The molecular weight excluding hydrogens is 408 g/mol. The van der Waals surface area contributed by atoms with Crippen LogP contribution in [0.2, 0.25) is 0 Å². The van der Waals surface area contributed by atoms with Crippen molar-refractivity contribution in [2.24, 2.45) is 0 Å². The highest BCUT2D eigenvalue weighted by molar-refractivity contribution is 8.00. The van der Waals surface area contributed by atoms with Crippen molar-refractivity contribution in [3.05, 3.63) is 77.9 Å². The topological polar surface area (TPSA) is 76.0 Å². The molecule has 0 bridgehead atoms. The number of amides is 2. The molecule has 0 saturated carbocycles. The van der Waals surface area contributed by atoms with Gasteiger partial charge in [0.15, 0.2) is 0 Å². The van der Waals surface area contributed by atoms with Crippen LogP contribution in [0.1, 0.15) is 36.7 Å². The molecule has 2 amide bonds. The molecule has 3 rings (SSSR count). The van der Waals surface area contributed by atoms with Gasteiger partial charge in [0.2, 0.25) is 11.8 Å². The maximum Gasteiger partial charge on any atom is 0.234 e. The van der Waals surface area contributed by atoms with Crippen LogP contribution in [0, 0.1) is 6.92 Å². The van der Waals surface area contributed by atoms with Gasteiger partial charge in [-0.3, -0.25) is 9.59 Å². The van der Waals surface area contributed by atoms with Crippen molar-refractivity contribution < 1.29 is 9.59 Å². The Morgan fingerprint density at radius 3 is 2.35 bits per heavy atom. The Morgan fingerprint density at radius 2 is 1.68 bits per heavy atom. The number of aryl methyl sites for hydroxylation is 1. The summed E-state index contributed by atoms with van der Waals surface area (Å²) in [5, 5.41) is 5.75.